The van der Waals surface area contributed by atoms with Gasteiger partial charge in [0.15, 0.2) is 0 Å². The quantitative estimate of drug-likeness (QED) is 0.406. The molecule has 1 atom stereocenters. The van der Waals surface area contributed by atoms with Crippen LogP contribution in [-0.4, -0.2) is 23.1 Å². The van der Waals surface area contributed by atoms with Gasteiger partial charge in [0.25, 0.3) is 10.1 Å². The summed E-state index contributed by atoms with van der Waals surface area (Å²) < 4.78 is 29.3. The molecule has 7 heteroatoms. The normalized spacial score (nSPS) is 13.1. The van der Waals surface area contributed by atoms with Crippen LogP contribution >= 0.6 is 0 Å². The third-order valence-electron chi connectivity index (χ3n) is 1.27. The molecule has 5 nitrogen and oxygen atoms in total. The molecular formula is C6H8NNaO4S. The van der Waals surface area contributed by atoms with Crippen LogP contribution in [-0.2, 0) is 10.1 Å². The van der Waals surface area contributed by atoms with Crippen molar-refractivity contribution in [3.05, 3.63) is 30.1 Å². The Morgan fingerprint density at radius 2 is 1.85 bits per heavy atom. The van der Waals surface area contributed by atoms with Gasteiger partial charge in [-0.05, 0) is 12.1 Å². The maximum Gasteiger partial charge on any atom is 1.00 e. The smallest absolute Gasteiger partial charge is 1.00 e. The zero-order valence-corrected chi connectivity index (χ0v) is 9.77. The van der Waals surface area contributed by atoms with Gasteiger partial charge in [-0.15, -0.1) is 0 Å². The first-order valence-electron chi connectivity index (χ1n) is 3.06. The largest absolute Gasteiger partial charge is 1.00 e. The molecule has 0 aliphatic carbocycles. The van der Waals surface area contributed by atoms with Crippen LogP contribution in [0.5, 0.6) is 0 Å². The summed E-state index contributed by atoms with van der Waals surface area (Å²) in [6.07, 6.45) is 2.65. The van der Waals surface area contributed by atoms with E-state index in [1.165, 1.54) is 24.5 Å². The van der Waals surface area contributed by atoms with Gasteiger partial charge < -0.3 is 6.53 Å². The fourth-order valence-corrected chi connectivity index (χ4v) is 1.20. The number of aliphatic hydroxyl groups excluding tert-OH is 1. The van der Waals surface area contributed by atoms with Crippen molar-refractivity contribution >= 4 is 10.1 Å². The van der Waals surface area contributed by atoms with E-state index in [0.717, 1.165) is 0 Å². The fourth-order valence-electron chi connectivity index (χ4n) is 0.700. The van der Waals surface area contributed by atoms with Gasteiger partial charge in [-0.25, -0.2) is 0 Å². The second-order valence-corrected chi connectivity index (χ2v) is 3.62. The zero-order chi connectivity index (χ0) is 9.19. The molecular weight excluding hydrogens is 205 g/mol. The van der Waals surface area contributed by atoms with Crippen LogP contribution in [0.1, 0.15) is 12.4 Å². The van der Waals surface area contributed by atoms with Crippen LogP contribution in [0.15, 0.2) is 24.5 Å². The van der Waals surface area contributed by atoms with Crippen molar-refractivity contribution in [3.8, 4) is 0 Å². The average Bonchev–Trinajstić information content (AvgIpc) is 2.03. The minimum Gasteiger partial charge on any atom is -1.00 e. The molecule has 13 heavy (non-hydrogen) atoms. The number of pyridine rings is 1. The molecule has 0 aromatic carbocycles. The molecule has 0 saturated carbocycles. The molecule has 1 aromatic heterocycles. The Labute approximate surface area is 99.3 Å². The van der Waals surface area contributed by atoms with Crippen molar-refractivity contribution in [2.24, 2.45) is 0 Å². The summed E-state index contributed by atoms with van der Waals surface area (Å²) in [6, 6.07) is 2.61. The summed E-state index contributed by atoms with van der Waals surface area (Å²) in [5.41, 5.74) is -1.80. The molecule has 0 aliphatic heterocycles. The van der Waals surface area contributed by atoms with Gasteiger partial charge in [0, 0.05) is 18.0 Å². The van der Waals surface area contributed by atoms with E-state index in [1.54, 1.807) is 0 Å². The Morgan fingerprint density at radius 3 is 2.23 bits per heavy atom. The van der Waals surface area contributed by atoms with Crippen LogP contribution < -0.4 is 29.6 Å². The maximum atomic E-state index is 10.4. The monoisotopic (exact) mass is 213 g/mol. The van der Waals surface area contributed by atoms with E-state index in [4.69, 9.17) is 9.66 Å². The fraction of sp³-hybridized carbons (Fsp3) is 0.167. The molecule has 1 unspecified atom stereocenters. The average molecular weight is 213 g/mol. The topological polar surface area (TPSA) is 87.5 Å². The van der Waals surface area contributed by atoms with Gasteiger partial charge >= 0.3 is 29.6 Å². The van der Waals surface area contributed by atoms with Crippen molar-refractivity contribution in [2.75, 3.05) is 0 Å². The summed E-state index contributed by atoms with van der Waals surface area (Å²) in [5.74, 6) is 0. The number of nitrogens with zero attached hydrogens (tertiary/aromatic N) is 1. The maximum absolute atomic E-state index is 10.4. The molecule has 2 N–H and O–H groups in total. The van der Waals surface area contributed by atoms with Crippen LogP contribution in [0.4, 0.5) is 0 Å². The summed E-state index contributed by atoms with van der Waals surface area (Å²) in [7, 11) is -4.43. The minimum absolute atomic E-state index is 0. The van der Waals surface area contributed by atoms with E-state index in [0.29, 0.717) is 0 Å². The Balaban J connectivity index is 0. The standard InChI is InChI=1S/C6H7NO4S.Na.H/c8-6(12(9,10)11)5-1-3-7-4-2-5;;/h1-4,6,8H,(H,9,10,11);;/q;+1;-1. The molecule has 0 amide bonds. The predicted molar refractivity (Wildman–Crippen MR) is 41.9 cm³/mol. The molecule has 1 aromatic rings. The van der Waals surface area contributed by atoms with Crippen molar-refractivity contribution in [1.82, 2.24) is 4.98 Å². The Hall–Kier alpha value is 0.0200. The van der Waals surface area contributed by atoms with E-state index < -0.39 is 15.6 Å². The minimum atomic E-state index is -4.43. The van der Waals surface area contributed by atoms with Gasteiger partial charge in [-0.3, -0.25) is 9.54 Å². The number of hydrogen-bond acceptors (Lipinski definition) is 4. The SMILES string of the molecule is O=S(=O)(O)C(O)c1ccncc1.[H-].[Na+]. The summed E-state index contributed by atoms with van der Waals surface area (Å²) >= 11 is 0. The van der Waals surface area contributed by atoms with Gasteiger partial charge in [0.2, 0.25) is 5.44 Å². The van der Waals surface area contributed by atoms with Gasteiger partial charge in [-0.1, -0.05) is 0 Å². The van der Waals surface area contributed by atoms with Crippen LogP contribution in [0, 0.1) is 0 Å². The molecule has 0 spiro atoms. The van der Waals surface area contributed by atoms with Crippen molar-refractivity contribution in [2.45, 2.75) is 5.44 Å². The Kier molecular flexibility index (Phi) is 5.05. The number of aromatic nitrogens is 1. The number of rotatable bonds is 2. The van der Waals surface area contributed by atoms with E-state index in [1.807, 2.05) is 0 Å². The molecule has 0 saturated heterocycles. The van der Waals surface area contributed by atoms with Crippen LogP contribution in [0.2, 0.25) is 0 Å². The Morgan fingerprint density at radius 1 is 1.38 bits per heavy atom. The third-order valence-corrected chi connectivity index (χ3v) is 2.11. The molecule has 0 radical (unpaired) electrons. The second-order valence-electron chi connectivity index (χ2n) is 2.15. The van der Waals surface area contributed by atoms with E-state index in [9.17, 15) is 8.42 Å². The molecule has 1 heterocycles. The summed E-state index contributed by atoms with van der Waals surface area (Å²) in [6.45, 7) is 0. The number of hydrogen-bond donors (Lipinski definition) is 2. The molecule has 68 valence electrons. The van der Waals surface area contributed by atoms with E-state index in [-0.39, 0.29) is 36.5 Å². The van der Waals surface area contributed by atoms with Gasteiger partial charge in [-0.2, -0.15) is 8.42 Å². The van der Waals surface area contributed by atoms with E-state index >= 15 is 0 Å². The summed E-state index contributed by atoms with van der Waals surface area (Å²) in [4.78, 5) is 3.62. The molecule has 0 aliphatic rings. The predicted octanol–water partition coefficient (Wildman–Crippen LogP) is -2.92. The first-order valence-corrected chi connectivity index (χ1v) is 4.56. The first kappa shape index (κ1) is 13.0. The van der Waals surface area contributed by atoms with Gasteiger partial charge in [0.1, 0.15) is 0 Å². The van der Waals surface area contributed by atoms with Crippen molar-refractivity contribution in [1.29, 1.82) is 0 Å². The summed E-state index contributed by atoms with van der Waals surface area (Å²) in [5, 5.41) is 8.99. The second kappa shape index (κ2) is 5.04. The van der Waals surface area contributed by atoms with Gasteiger partial charge in [0.05, 0.1) is 0 Å². The zero-order valence-electron chi connectivity index (χ0n) is 7.95. The van der Waals surface area contributed by atoms with Crippen molar-refractivity contribution in [3.63, 3.8) is 0 Å². The van der Waals surface area contributed by atoms with Crippen LogP contribution in [0.25, 0.3) is 0 Å². The van der Waals surface area contributed by atoms with Crippen LogP contribution in [0.3, 0.4) is 0 Å². The molecule has 1 rings (SSSR count). The molecule has 0 bridgehead atoms. The third kappa shape index (κ3) is 3.72. The molecule has 0 fully saturated rings. The first-order chi connectivity index (χ1) is 5.52. The number of aliphatic hydroxyl groups is 1. The van der Waals surface area contributed by atoms with E-state index in [2.05, 4.69) is 4.98 Å². The Bertz CT molecular complexity index is 357. The van der Waals surface area contributed by atoms with Crippen molar-refractivity contribution < 1.29 is 49.1 Å².